The molecule has 0 spiro atoms. The van der Waals surface area contributed by atoms with E-state index in [-0.39, 0.29) is 32.2 Å². The molecule has 0 aliphatic rings. The van der Waals surface area contributed by atoms with Gasteiger partial charge in [0.2, 0.25) is 0 Å². The molecule has 380 valence electrons. The number of carbonyl (C=O) groups is 1. The Morgan fingerprint density at radius 1 is 0.492 bits per heavy atom. The number of esters is 1. The van der Waals surface area contributed by atoms with Gasteiger partial charge in [-0.2, -0.15) is 0 Å². The quantitative estimate of drug-likeness (QED) is 0.0197. The molecule has 0 saturated heterocycles. The lowest BCUT2D eigenvalue weighted by molar-refractivity contribution is -0.870. The summed E-state index contributed by atoms with van der Waals surface area (Å²) in [6, 6.07) is 0. The molecular formula is C56H104NO7P. The van der Waals surface area contributed by atoms with Gasteiger partial charge in [-0.1, -0.05) is 209 Å². The molecule has 0 aliphatic heterocycles. The van der Waals surface area contributed by atoms with Crippen LogP contribution in [-0.2, 0) is 27.9 Å². The Labute approximate surface area is 402 Å². The molecule has 0 radical (unpaired) electrons. The molecule has 0 N–H and O–H groups in total. The van der Waals surface area contributed by atoms with Gasteiger partial charge in [0, 0.05) is 13.0 Å². The fourth-order valence-electron chi connectivity index (χ4n) is 7.42. The summed E-state index contributed by atoms with van der Waals surface area (Å²) in [4.78, 5) is 25.2. The van der Waals surface area contributed by atoms with Crippen molar-refractivity contribution in [3.05, 3.63) is 60.8 Å². The number of unbranched alkanes of at least 4 members (excludes halogenated alkanes) is 26. The van der Waals surface area contributed by atoms with Crippen molar-refractivity contribution in [3.8, 4) is 0 Å². The maximum Gasteiger partial charge on any atom is 0.306 e. The Morgan fingerprint density at radius 2 is 0.892 bits per heavy atom. The lowest BCUT2D eigenvalue weighted by Gasteiger charge is -2.28. The van der Waals surface area contributed by atoms with Gasteiger partial charge in [0.05, 0.1) is 34.4 Å². The van der Waals surface area contributed by atoms with Crippen molar-refractivity contribution in [3.63, 3.8) is 0 Å². The third kappa shape index (κ3) is 53.0. The molecule has 0 heterocycles. The molecule has 65 heavy (non-hydrogen) atoms. The number of ether oxygens (including phenoxy) is 2. The number of rotatable bonds is 50. The SMILES string of the molecule is CC/C=C\C/C=C\C/C=C\C/C=C\CCCCCCC(=O)OC(COCCCCCCCCCCCCCCCC/C=C\CCCCCCCCCC)COP(=O)([O-])OCC[N+](C)(C)C. The van der Waals surface area contributed by atoms with Gasteiger partial charge in [-0.15, -0.1) is 0 Å². The minimum Gasteiger partial charge on any atom is -0.756 e. The highest BCUT2D eigenvalue weighted by atomic mass is 31.2. The molecule has 0 rings (SSSR count). The molecule has 0 aromatic heterocycles. The summed E-state index contributed by atoms with van der Waals surface area (Å²) >= 11 is 0. The molecule has 0 aromatic carbocycles. The van der Waals surface area contributed by atoms with Crippen molar-refractivity contribution in [1.29, 1.82) is 0 Å². The third-order valence-corrected chi connectivity index (χ3v) is 12.5. The van der Waals surface area contributed by atoms with E-state index < -0.39 is 13.9 Å². The van der Waals surface area contributed by atoms with Crippen LogP contribution in [0.4, 0.5) is 0 Å². The predicted molar refractivity (Wildman–Crippen MR) is 277 cm³/mol. The van der Waals surface area contributed by atoms with Crippen molar-refractivity contribution in [1.82, 2.24) is 0 Å². The predicted octanol–water partition coefficient (Wildman–Crippen LogP) is 16.2. The highest BCUT2D eigenvalue weighted by Gasteiger charge is 2.20. The average Bonchev–Trinajstić information content (AvgIpc) is 3.27. The van der Waals surface area contributed by atoms with E-state index in [0.717, 1.165) is 70.6 Å². The van der Waals surface area contributed by atoms with Crippen LogP contribution in [0.2, 0.25) is 0 Å². The van der Waals surface area contributed by atoms with Gasteiger partial charge in [-0.05, 0) is 77.0 Å². The largest absolute Gasteiger partial charge is 0.756 e. The molecule has 0 aliphatic carbocycles. The molecule has 9 heteroatoms. The zero-order chi connectivity index (χ0) is 47.6. The summed E-state index contributed by atoms with van der Waals surface area (Å²) in [7, 11) is 1.34. The Morgan fingerprint density at radius 3 is 1.35 bits per heavy atom. The summed E-state index contributed by atoms with van der Waals surface area (Å²) in [5.74, 6) is -0.356. The summed E-state index contributed by atoms with van der Waals surface area (Å²) in [6.45, 7) is 5.29. The van der Waals surface area contributed by atoms with Gasteiger partial charge in [-0.25, -0.2) is 0 Å². The number of hydrogen-bond donors (Lipinski definition) is 0. The van der Waals surface area contributed by atoms with E-state index >= 15 is 0 Å². The molecule has 0 aromatic rings. The standard InChI is InChI=1S/C56H104NO7P/c1-6-8-10-12-14-16-18-20-22-24-25-26-27-28-29-30-31-32-34-36-38-40-42-44-46-48-51-61-53-55(54-63-65(59,60)62-52-50-57(3,4)5)64-56(58)49-47-45-43-41-39-37-35-33-23-21-19-17-15-13-11-9-7-2/h9,11,15,17,21,23-25,35,37,55H,6-8,10,12-14,16,18-20,22,26-34,36,38-54H2,1-5H3/b11-9-,17-15-,23-21-,25-24-,37-35-. The lowest BCUT2D eigenvalue weighted by atomic mass is 10.0. The number of phosphoric ester groups is 1. The number of nitrogens with zero attached hydrogens (tertiary/aromatic N) is 1. The number of carbonyl (C=O) groups excluding carboxylic acids is 1. The minimum absolute atomic E-state index is 0.0194. The first-order chi connectivity index (χ1) is 31.6. The van der Waals surface area contributed by atoms with Crippen LogP contribution in [0.1, 0.15) is 232 Å². The molecule has 2 atom stereocenters. The van der Waals surface area contributed by atoms with Crippen LogP contribution >= 0.6 is 7.82 Å². The van der Waals surface area contributed by atoms with Crippen molar-refractivity contribution >= 4 is 13.8 Å². The van der Waals surface area contributed by atoms with E-state index in [0.29, 0.717) is 17.6 Å². The monoisotopic (exact) mass is 934 g/mol. The van der Waals surface area contributed by atoms with Gasteiger partial charge >= 0.3 is 5.97 Å². The van der Waals surface area contributed by atoms with E-state index in [1.807, 2.05) is 21.1 Å². The van der Waals surface area contributed by atoms with E-state index in [1.54, 1.807) is 0 Å². The average molecular weight is 934 g/mol. The maximum absolute atomic E-state index is 12.7. The zero-order valence-electron chi connectivity index (χ0n) is 43.2. The second-order valence-corrected chi connectivity index (χ2v) is 20.6. The fourth-order valence-corrected chi connectivity index (χ4v) is 8.14. The van der Waals surface area contributed by atoms with Crippen LogP contribution in [0.15, 0.2) is 60.8 Å². The number of hydrogen-bond acceptors (Lipinski definition) is 7. The van der Waals surface area contributed by atoms with Gasteiger partial charge in [0.25, 0.3) is 7.82 Å². The van der Waals surface area contributed by atoms with Crippen molar-refractivity contribution in [2.45, 2.75) is 238 Å². The fraction of sp³-hybridized carbons (Fsp3) is 0.804. The van der Waals surface area contributed by atoms with E-state index in [2.05, 4.69) is 74.6 Å². The Balaban J connectivity index is 4.09. The third-order valence-electron chi connectivity index (χ3n) is 11.6. The molecule has 2 unspecified atom stereocenters. The highest BCUT2D eigenvalue weighted by Crippen LogP contribution is 2.38. The van der Waals surface area contributed by atoms with Crippen LogP contribution in [0, 0.1) is 0 Å². The minimum atomic E-state index is -4.54. The van der Waals surface area contributed by atoms with Crippen molar-refractivity contribution in [2.24, 2.45) is 0 Å². The lowest BCUT2D eigenvalue weighted by Crippen LogP contribution is -2.37. The van der Waals surface area contributed by atoms with E-state index in [1.165, 1.54) is 141 Å². The van der Waals surface area contributed by atoms with Crippen LogP contribution in [-0.4, -0.2) is 70.7 Å². The van der Waals surface area contributed by atoms with Crippen LogP contribution < -0.4 is 4.89 Å². The Bertz CT molecular complexity index is 1220. The van der Waals surface area contributed by atoms with Crippen LogP contribution in [0.3, 0.4) is 0 Å². The van der Waals surface area contributed by atoms with Gasteiger partial charge in [0.15, 0.2) is 0 Å². The maximum atomic E-state index is 12.7. The first-order valence-electron chi connectivity index (χ1n) is 27.0. The second-order valence-electron chi connectivity index (χ2n) is 19.2. The number of likely N-dealkylation sites (N-methyl/N-ethyl adjacent to an activating group) is 1. The van der Waals surface area contributed by atoms with Gasteiger partial charge in [-0.3, -0.25) is 9.36 Å². The second kappa shape index (κ2) is 48.6. The zero-order valence-corrected chi connectivity index (χ0v) is 44.1. The highest BCUT2D eigenvalue weighted by molar-refractivity contribution is 7.45. The Hall–Kier alpha value is -1.80. The summed E-state index contributed by atoms with van der Waals surface area (Å²) in [5.41, 5.74) is 0. The van der Waals surface area contributed by atoms with E-state index in [4.69, 9.17) is 18.5 Å². The smallest absolute Gasteiger partial charge is 0.306 e. The Kier molecular flexibility index (Phi) is 47.3. The number of phosphoric acid groups is 1. The van der Waals surface area contributed by atoms with Crippen LogP contribution in [0.25, 0.3) is 0 Å². The van der Waals surface area contributed by atoms with Gasteiger partial charge in [0.1, 0.15) is 19.3 Å². The number of allylic oxidation sites excluding steroid dienone is 10. The van der Waals surface area contributed by atoms with Crippen LogP contribution in [0.5, 0.6) is 0 Å². The summed E-state index contributed by atoms with van der Waals surface area (Å²) in [5, 5.41) is 0. The first-order valence-corrected chi connectivity index (χ1v) is 28.5. The molecule has 8 nitrogen and oxygen atoms in total. The normalized spacial score (nSPS) is 14.0. The molecule has 0 bridgehead atoms. The molecule has 0 fully saturated rings. The summed E-state index contributed by atoms with van der Waals surface area (Å²) in [6.07, 6.45) is 62.6. The molecule has 0 saturated carbocycles. The first kappa shape index (κ1) is 63.2. The van der Waals surface area contributed by atoms with Gasteiger partial charge < -0.3 is 27.9 Å². The topological polar surface area (TPSA) is 94.1 Å². The molecular weight excluding hydrogens is 830 g/mol. The number of quaternary nitrogens is 1. The van der Waals surface area contributed by atoms with E-state index in [9.17, 15) is 14.3 Å². The van der Waals surface area contributed by atoms with Crippen molar-refractivity contribution in [2.75, 3.05) is 54.1 Å². The molecule has 0 amide bonds. The summed E-state index contributed by atoms with van der Waals surface area (Å²) < 4.78 is 34.7. The van der Waals surface area contributed by atoms with Crippen molar-refractivity contribution < 1.29 is 37.3 Å².